The van der Waals surface area contributed by atoms with Gasteiger partial charge in [-0.1, -0.05) is 6.07 Å². The summed E-state index contributed by atoms with van der Waals surface area (Å²) < 4.78 is 19.0. The van der Waals surface area contributed by atoms with Crippen molar-refractivity contribution >= 4 is 34.3 Å². The zero-order valence-corrected chi connectivity index (χ0v) is 12.4. The molecule has 1 amide bonds. The number of oxazole rings is 1. The smallest absolute Gasteiger partial charge is 0.239 e. The van der Waals surface area contributed by atoms with Crippen LogP contribution in [0.3, 0.4) is 0 Å². The molecule has 2 aromatic carbocycles. The number of carbonyl (C=O) groups excluding carboxylic acids is 1. The molecule has 0 atom stereocenters. The van der Waals surface area contributed by atoms with Gasteiger partial charge < -0.3 is 9.73 Å². The zero-order chi connectivity index (χ0) is 15.7. The molecule has 1 heterocycles. The maximum absolute atomic E-state index is 13.3. The van der Waals surface area contributed by atoms with Crippen LogP contribution in [0, 0.1) is 12.7 Å². The highest BCUT2D eigenvalue weighted by molar-refractivity contribution is 6.29. The second-order valence-electron chi connectivity index (χ2n) is 4.85. The molecule has 0 fully saturated rings. The van der Waals surface area contributed by atoms with Crippen molar-refractivity contribution in [1.29, 1.82) is 0 Å². The number of aromatic nitrogens is 1. The highest BCUT2D eigenvalue weighted by atomic mass is 35.5. The van der Waals surface area contributed by atoms with Crippen molar-refractivity contribution in [3.05, 3.63) is 47.8 Å². The van der Waals surface area contributed by atoms with E-state index in [2.05, 4.69) is 10.3 Å². The van der Waals surface area contributed by atoms with Crippen LogP contribution in [0.15, 0.2) is 40.8 Å². The molecule has 3 aromatic rings. The minimum absolute atomic E-state index is 0.121. The van der Waals surface area contributed by atoms with Crippen LogP contribution in [0.25, 0.3) is 22.6 Å². The number of hydrogen-bond donors (Lipinski definition) is 1. The second kappa shape index (κ2) is 5.77. The summed E-state index contributed by atoms with van der Waals surface area (Å²) in [5.74, 6) is -0.441. The summed E-state index contributed by atoms with van der Waals surface area (Å²) in [6.07, 6.45) is 0. The van der Waals surface area contributed by atoms with Crippen molar-refractivity contribution < 1.29 is 13.6 Å². The number of alkyl halides is 1. The number of amides is 1. The standard InChI is InChI=1S/C16H12ClFN2O2/c1-9-5-12(19-14(21)8-17)7-13-15(9)22-16(20-13)10-3-2-4-11(18)6-10/h2-7H,8H2,1H3,(H,19,21). The lowest BCUT2D eigenvalue weighted by Gasteiger charge is -2.03. The van der Waals surface area contributed by atoms with Crippen LogP contribution in [0.1, 0.15) is 5.56 Å². The SMILES string of the molecule is Cc1cc(NC(=O)CCl)cc2nc(-c3cccc(F)c3)oc12. The van der Waals surface area contributed by atoms with Crippen LogP contribution in [0.4, 0.5) is 10.1 Å². The van der Waals surface area contributed by atoms with Crippen molar-refractivity contribution in [1.82, 2.24) is 4.98 Å². The number of aryl methyl sites for hydroxylation is 1. The summed E-state index contributed by atoms with van der Waals surface area (Å²) in [7, 11) is 0. The molecule has 0 aliphatic rings. The summed E-state index contributed by atoms with van der Waals surface area (Å²) in [5.41, 5.74) is 3.15. The Morgan fingerprint density at radius 1 is 1.36 bits per heavy atom. The van der Waals surface area contributed by atoms with Crippen molar-refractivity contribution in [2.24, 2.45) is 0 Å². The predicted molar refractivity (Wildman–Crippen MR) is 83.5 cm³/mol. The van der Waals surface area contributed by atoms with Gasteiger partial charge in [0.2, 0.25) is 11.8 Å². The van der Waals surface area contributed by atoms with E-state index in [1.54, 1.807) is 24.3 Å². The Morgan fingerprint density at radius 2 is 2.18 bits per heavy atom. The Hall–Kier alpha value is -2.40. The lowest BCUT2D eigenvalue weighted by Crippen LogP contribution is -2.12. The fourth-order valence-corrected chi connectivity index (χ4v) is 2.28. The van der Waals surface area contributed by atoms with Crippen molar-refractivity contribution in [2.45, 2.75) is 6.92 Å². The van der Waals surface area contributed by atoms with E-state index in [1.807, 2.05) is 6.92 Å². The predicted octanol–water partition coefficient (Wildman–Crippen LogP) is 4.12. The van der Waals surface area contributed by atoms with Gasteiger partial charge in [-0.3, -0.25) is 4.79 Å². The third-order valence-corrected chi connectivity index (χ3v) is 3.40. The first-order valence-electron chi connectivity index (χ1n) is 6.60. The topological polar surface area (TPSA) is 55.1 Å². The molecular weight excluding hydrogens is 307 g/mol. The first kappa shape index (κ1) is 14.5. The van der Waals surface area contributed by atoms with Crippen LogP contribution >= 0.6 is 11.6 Å². The van der Waals surface area contributed by atoms with Gasteiger partial charge >= 0.3 is 0 Å². The van der Waals surface area contributed by atoms with Gasteiger partial charge in [0.05, 0.1) is 0 Å². The number of hydrogen-bond acceptors (Lipinski definition) is 3. The molecule has 1 aromatic heterocycles. The highest BCUT2D eigenvalue weighted by Gasteiger charge is 2.12. The number of halogens is 2. The number of anilines is 1. The maximum Gasteiger partial charge on any atom is 0.239 e. The molecule has 6 heteroatoms. The highest BCUT2D eigenvalue weighted by Crippen LogP contribution is 2.29. The zero-order valence-electron chi connectivity index (χ0n) is 11.7. The molecule has 0 radical (unpaired) electrons. The van der Waals surface area contributed by atoms with Gasteiger partial charge in [-0.2, -0.15) is 0 Å². The average molecular weight is 319 g/mol. The van der Waals surface area contributed by atoms with E-state index in [-0.39, 0.29) is 17.6 Å². The number of nitrogens with one attached hydrogen (secondary N) is 1. The fourth-order valence-electron chi connectivity index (χ4n) is 2.21. The first-order chi connectivity index (χ1) is 10.6. The number of rotatable bonds is 3. The van der Waals surface area contributed by atoms with Gasteiger partial charge in [-0.05, 0) is 42.8 Å². The van der Waals surface area contributed by atoms with Gasteiger partial charge in [0.1, 0.15) is 17.2 Å². The van der Waals surface area contributed by atoms with Crippen molar-refractivity contribution in [2.75, 3.05) is 11.2 Å². The lowest BCUT2D eigenvalue weighted by atomic mass is 10.2. The minimum Gasteiger partial charge on any atom is -0.436 e. The molecule has 0 bridgehead atoms. The Labute approximate surface area is 130 Å². The number of nitrogens with zero attached hydrogens (tertiary/aromatic N) is 1. The largest absolute Gasteiger partial charge is 0.436 e. The number of benzene rings is 2. The van der Waals surface area contributed by atoms with Gasteiger partial charge in [0.25, 0.3) is 0 Å². The monoisotopic (exact) mass is 318 g/mol. The fraction of sp³-hybridized carbons (Fsp3) is 0.125. The molecule has 112 valence electrons. The molecule has 0 saturated heterocycles. The molecule has 3 rings (SSSR count). The van der Waals surface area contributed by atoms with Crippen LogP contribution in [-0.2, 0) is 4.79 Å². The van der Waals surface area contributed by atoms with Crippen LogP contribution in [-0.4, -0.2) is 16.8 Å². The van der Waals surface area contributed by atoms with E-state index in [0.717, 1.165) is 5.56 Å². The Balaban J connectivity index is 2.06. The van der Waals surface area contributed by atoms with Gasteiger partial charge in [0.15, 0.2) is 5.58 Å². The van der Waals surface area contributed by atoms with Crippen LogP contribution < -0.4 is 5.32 Å². The third-order valence-electron chi connectivity index (χ3n) is 3.15. The summed E-state index contributed by atoms with van der Waals surface area (Å²) in [6.45, 7) is 1.85. The molecule has 22 heavy (non-hydrogen) atoms. The molecule has 4 nitrogen and oxygen atoms in total. The molecule has 0 aliphatic carbocycles. The van der Waals surface area contributed by atoms with Crippen LogP contribution in [0.2, 0.25) is 0 Å². The van der Waals surface area contributed by atoms with E-state index in [1.165, 1.54) is 12.1 Å². The van der Waals surface area contributed by atoms with Gasteiger partial charge in [-0.25, -0.2) is 9.37 Å². The summed E-state index contributed by atoms with van der Waals surface area (Å²) in [4.78, 5) is 15.7. The van der Waals surface area contributed by atoms with Crippen molar-refractivity contribution in [3.63, 3.8) is 0 Å². The number of carbonyl (C=O) groups is 1. The molecule has 0 unspecified atom stereocenters. The average Bonchev–Trinajstić information content (AvgIpc) is 2.92. The van der Waals surface area contributed by atoms with Gasteiger partial charge in [-0.15, -0.1) is 11.6 Å². The molecule has 0 spiro atoms. The minimum atomic E-state index is -0.355. The number of fused-ring (bicyclic) bond motifs is 1. The molecule has 0 saturated carbocycles. The normalized spacial score (nSPS) is 10.9. The Morgan fingerprint density at radius 3 is 2.91 bits per heavy atom. The van der Waals surface area contributed by atoms with E-state index in [9.17, 15) is 9.18 Å². The van der Waals surface area contributed by atoms with Crippen molar-refractivity contribution in [3.8, 4) is 11.5 Å². The quantitative estimate of drug-likeness (QED) is 0.739. The molecule has 0 aliphatic heterocycles. The first-order valence-corrected chi connectivity index (χ1v) is 7.13. The maximum atomic E-state index is 13.3. The van der Waals surface area contributed by atoms with Gasteiger partial charge in [0, 0.05) is 11.3 Å². The summed E-state index contributed by atoms with van der Waals surface area (Å²) in [6, 6.07) is 9.50. The Bertz CT molecular complexity index is 860. The summed E-state index contributed by atoms with van der Waals surface area (Å²) >= 11 is 5.48. The summed E-state index contributed by atoms with van der Waals surface area (Å²) in [5, 5.41) is 2.67. The van der Waals surface area contributed by atoms with E-state index < -0.39 is 0 Å². The van der Waals surface area contributed by atoms with E-state index in [4.69, 9.17) is 16.0 Å². The molecule has 1 N–H and O–H groups in total. The van der Waals surface area contributed by atoms with E-state index in [0.29, 0.717) is 28.2 Å². The lowest BCUT2D eigenvalue weighted by molar-refractivity contribution is -0.113. The van der Waals surface area contributed by atoms with Crippen LogP contribution in [0.5, 0.6) is 0 Å². The second-order valence-corrected chi connectivity index (χ2v) is 5.12. The van der Waals surface area contributed by atoms with E-state index >= 15 is 0 Å². The molecular formula is C16H12ClFN2O2. The Kier molecular flexibility index (Phi) is 3.81. The third kappa shape index (κ3) is 2.80.